The van der Waals surface area contributed by atoms with Crippen LogP contribution in [0.3, 0.4) is 0 Å². The lowest BCUT2D eigenvalue weighted by Gasteiger charge is -2.12. The third kappa shape index (κ3) is 4.10. The van der Waals surface area contributed by atoms with Crippen molar-refractivity contribution in [1.29, 1.82) is 5.26 Å². The quantitative estimate of drug-likeness (QED) is 0.579. The highest BCUT2D eigenvalue weighted by Crippen LogP contribution is 2.25. The molecule has 142 valence electrons. The normalized spacial score (nSPS) is 10.3. The molecule has 0 aliphatic heterocycles. The number of ether oxygens (including phenoxy) is 3. The molecule has 2 aromatic carbocycles. The van der Waals surface area contributed by atoms with Crippen LogP contribution in [0.25, 0.3) is 10.9 Å². The molecule has 28 heavy (non-hydrogen) atoms. The van der Waals surface area contributed by atoms with Gasteiger partial charge in [0.2, 0.25) is 0 Å². The van der Waals surface area contributed by atoms with E-state index in [2.05, 4.69) is 4.98 Å². The molecule has 0 aliphatic carbocycles. The summed E-state index contributed by atoms with van der Waals surface area (Å²) in [5.74, 6) is 0.453. The number of benzene rings is 2. The molecular formula is C20H17N3O5. The van der Waals surface area contributed by atoms with Crippen LogP contribution in [-0.4, -0.2) is 29.2 Å². The Labute approximate surface area is 160 Å². The molecule has 0 saturated carbocycles. The molecule has 0 atom stereocenters. The number of aromatic nitrogens is 2. The number of carbonyl (C=O) groups excluding carboxylic acids is 1. The fourth-order valence-corrected chi connectivity index (χ4v) is 2.62. The molecule has 3 aromatic rings. The molecule has 0 amide bonds. The zero-order valence-electron chi connectivity index (χ0n) is 15.1. The molecule has 0 bridgehead atoms. The van der Waals surface area contributed by atoms with Crippen LogP contribution in [0, 0.1) is 11.3 Å². The highest BCUT2D eigenvalue weighted by atomic mass is 16.6. The van der Waals surface area contributed by atoms with E-state index in [-0.39, 0.29) is 31.1 Å². The minimum absolute atomic E-state index is 0.191. The summed E-state index contributed by atoms with van der Waals surface area (Å²) in [4.78, 5) is 28.9. The second-order valence-corrected chi connectivity index (χ2v) is 5.69. The number of esters is 1. The molecule has 0 unspecified atom stereocenters. The molecule has 0 radical (unpaired) electrons. The molecule has 0 aliphatic rings. The van der Waals surface area contributed by atoms with Gasteiger partial charge in [0.15, 0.2) is 23.9 Å². The maximum absolute atomic E-state index is 12.6. The van der Waals surface area contributed by atoms with E-state index in [0.29, 0.717) is 22.4 Å². The predicted octanol–water partition coefficient (Wildman–Crippen LogP) is 2.05. The summed E-state index contributed by atoms with van der Waals surface area (Å²) in [6.07, 6.45) is 0. The van der Waals surface area contributed by atoms with Gasteiger partial charge in [-0.05, 0) is 24.3 Å². The van der Waals surface area contributed by atoms with Crippen LogP contribution in [0.1, 0.15) is 5.82 Å². The van der Waals surface area contributed by atoms with E-state index < -0.39 is 5.97 Å². The molecule has 1 aromatic heterocycles. The summed E-state index contributed by atoms with van der Waals surface area (Å²) in [6.45, 7) is -0.784. The predicted molar refractivity (Wildman–Crippen MR) is 99.9 cm³/mol. The Morgan fingerprint density at radius 1 is 1.14 bits per heavy atom. The van der Waals surface area contributed by atoms with Crippen LogP contribution in [0.2, 0.25) is 0 Å². The highest BCUT2D eigenvalue weighted by Gasteiger charge is 2.14. The van der Waals surface area contributed by atoms with Gasteiger partial charge in [-0.15, -0.1) is 0 Å². The first-order chi connectivity index (χ1) is 13.6. The smallest absolute Gasteiger partial charge is 0.344 e. The molecular weight excluding hydrogens is 362 g/mol. The van der Waals surface area contributed by atoms with E-state index in [4.69, 9.17) is 19.5 Å². The van der Waals surface area contributed by atoms with Gasteiger partial charge >= 0.3 is 5.97 Å². The van der Waals surface area contributed by atoms with E-state index in [1.807, 2.05) is 6.07 Å². The Bertz CT molecular complexity index is 1100. The van der Waals surface area contributed by atoms with Crippen molar-refractivity contribution in [3.63, 3.8) is 0 Å². The number of methoxy groups -OCH3 is 1. The fourth-order valence-electron chi connectivity index (χ4n) is 2.62. The van der Waals surface area contributed by atoms with Crippen molar-refractivity contribution in [2.75, 3.05) is 13.7 Å². The SMILES string of the molecule is COc1ccccc1OCC(=O)OCc1nc2ccccc2c(=O)n1CC#N. The van der Waals surface area contributed by atoms with Gasteiger partial charge < -0.3 is 14.2 Å². The highest BCUT2D eigenvalue weighted by molar-refractivity contribution is 5.77. The van der Waals surface area contributed by atoms with Gasteiger partial charge in [0.1, 0.15) is 13.2 Å². The lowest BCUT2D eigenvalue weighted by atomic mass is 10.2. The van der Waals surface area contributed by atoms with Crippen molar-refractivity contribution < 1.29 is 19.0 Å². The van der Waals surface area contributed by atoms with Crippen molar-refractivity contribution >= 4 is 16.9 Å². The second kappa shape index (κ2) is 8.68. The average Bonchev–Trinajstić information content (AvgIpc) is 2.73. The van der Waals surface area contributed by atoms with E-state index in [9.17, 15) is 9.59 Å². The topological polar surface area (TPSA) is 103 Å². The Balaban J connectivity index is 1.72. The summed E-state index contributed by atoms with van der Waals surface area (Å²) >= 11 is 0. The number of fused-ring (bicyclic) bond motifs is 1. The van der Waals surface area contributed by atoms with E-state index in [0.717, 1.165) is 0 Å². The zero-order valence-corrected chi connectivity index (χ0v) is 15.1. The Hall–Kier alpha value is -3.86. The van der Waals surface area contributed by atoms with Crippen LogP contribution >= 0.6 is 0 Å². The van der Waals surface area contributed by atoms with Gasteiger partial charge in [-0.2, -0.15) is 5.26 Å². The molecule has 0 saturated heterocycles. The summed E-state index contributed by atoms with van der Waals surface area (Å²) in [5.41, 5.74) is 0.112. The molecule has 8 nitrogen and oxygen atoms in total. The minimum Gasteiger partial charge on any atom is -0.493 e. The number of para-hydroxylation sites is 3. The molecule has 8 heteroatoms. The maximum atomic E-state index is 12.6. The first-order valence-corrected chi connectivity index (χ1v) is 8.41. The van der Waals surface area contributed by atoms with E-state index in [1.54, 1.807) is 48.5 Å². The first kappa shape index (κ1) is 18.9. The third-order valence-electron chi connectivity index (χ3n) is 3.95. The number of carbonyl (C=O) groups is 1. The second-order valence-electron chi connectivity index (χ2n) is 5.69. The van der Waals surface area contributed by atoms with E-state index in [1.165, 1.54) is 11.7 Å². The number of nitrogens with zero attached hydrogens (tertiary/aromatic N) is 3. The lowest BCUT2D eigenvalue weighted by molar-refractivity contribution is -0.147. The van der Waals surface area contributed by atoms with Crippen LogP contribution in [-0.2, 0) is 22.7 Å². The lowest BCUT2D eigenvalue weighted by Crippen LogP contribution is -2.26. The summed E-state index contributed by atoms with van der Waals surface area (Å²) in [7, 11) is 1.50. The molecule has 0 spiro atoms. The number of rotatable bonds is 7. The zero-order chi connectivity index (χ0) is 19.9. The Morgan fingerprint density at radius 2 is 1.86 bits per heavy atom. The van der Waals surface area contributed by atoms with Crippen molar-refractivity contribution in [2.45, 2.75) is 13.2 Å². The molecule has 0 fully saturated rings. The van der Waals surface area contributed by atoms with Crippen LogP contribution in [0.15, 0.2) is 53.3 Å². The average molecular weight is 379 g/mol. The van der Waals surface area contributed by atoms with Crippen molar-refractivity contribution in [1.82, 2.24) is 9.55 Å². The van der Waals surface area contributed by atoms with Crippen molar-refractivity contribution in [3.8, 4) is 17.6 Å². The standard InChI is InChI=1S/C20H17N3O5/c1-26-16-8-4-5-9-17(16)27-13-19(24)28-12-18-22-15-7-3-2-6-14(15)20(25)23(18)11-10-21/h2-9H,11-13H2,1H3. The van der Waals surface area contributed by atoms with Gasteiger partial charge in [-0.1, -0.05) is 24.3 Å². The number of hydrogen-bond donors (Lipinski definition) is 0. The Morgan fingerprint density at radius 3 is 2.61 bits per heavy atom. The van der Waals surface area contributed by atoms with Crippen LogP contribution in [0.5, 0.6) is 11.5 Å². The van der Waals surface area contributed by atoms with Gasteiger partial charge in [-0.25, -0.2) is 9.78 Å². The van der Waals surface area contributed by atoms with Crippen molar-refractivity contribution in [3.05, 3.63) is 64.7 Å². The molecule has 1 heterocycles. The number of nitriles is 1. The van der Waals surface area contributed by atoms with Gasteiger partial charge in [0.25, 0.3) is 5.56 Å². The number of hydrogen-bond acceptors (Lipinski definition) is 7. The van der Waals surface area contributed by atoms with Gasteiger partial charge in [0.05, 0.1) is 24.1 Å². The van der Waals surface area contributed by atoms with Crippen LogP contribution < -0.4 is 15.0 Å². The summed E-state index contributed by atoms with van der Waals surface area (Å²) < 4.78 is 16.9. The summed E-state index contributed by atoms with van der Waals surface area (Å²) in [6, 6.07) is 15.6. The monoisotopic (exact) mass is 379 g/mol. The Kier molecular flexibility index (Phi) is 5.87. The molecule has 3 rings (SSSR count). The van der Waals surface area contributed by atoms with Gasteiger partial charge in [-0.3, -0.25) is 9.36 Å². The fraction of sp³-hybridized carbons (Fsp3) is 0.200. The first-order valence-electron chi connectivity index (χ1n) is 8.41. The maximum Gasteiger partial charge on any atom is 0.344 e. The third-order valence-corrected chi connectivity index (χ3v) is 3.95. The van der Waals surface area contributed by atoms with E-state index >= 15 is 0 Å². The van der Waals surface area contributed by atoms with Crippen molar-refractivity contribution in [2.24, 2.45) is 0 Å². The molecule has 0 N–H and O–H groups in total. The largest absolute Gasteiger partial charge is 0.493 e. The van der Waals surface area contributed by atoms with Gasteiger partial charge in [0, 0.05) is 0 Å². The summed E-state index contributed by atoms with van der Waals surface area (Å²) in [5, 5.41) is 9.40. The van der Waals surface area contributed by atoms with Crippen LogP contribution in [0.4, 0.5) is 0 Å². The minimum atomic E-state index is -0.642.